The van der Waals surface area contributed by atoms with Crippen molar-refractivity contribution >= 4 is 28.8 Å². The van der Waals surface area contributed by atoms with E-state index in [0.29, 0.717) is 23.8 Å². The molecule has 0 saturated heterocycles. The van der Waals surface area contributed by atoms with Crippen molar-refractivity contribution < 1.29 is 9.59 Å². The lowest BCUT2D eigenvalue weighted by Crippen LogP contribution is -2.22. The maximum absolute atomic E-state index is 12.5. The molecule has 140 valence electrons. The van der Waals surface area contributed by atoms with E-state index in [9.17, 15) is 9.59 Å². The van der Waals surface area contributed by atoms with Gasteiger partial charge in [-0.3, -0.25) is 9.59 Å². The molecule has 0 aliphatic carbocycles. The number of hydrogen-bond acceptors (Lipinski definition) is 4. The highest BCUT2D eigenvalue weighted by Crippen LogP contribution is 2.21. The van der Waals surface area contributed by atoms with Crippen molar-refractivity contribution in [3.63, 3.8) is 0 Å². The number of carbonyl (C=O) groups excluding carboxylic acids is 2. The van der Waals surface area contributed by atoms with Crippen LogP contribution >= 0.6 is 11.3 Å². The van der Waals surface area contributed by atoms with Crippen LogP contribution in [0.1, 0.15) is 59.5 Å². The van der Waals surface area contributed by atoms with Gasteiger partial charge >= 0.3 is 0 Å². The molecule has 5 nitrogen and oxygen atoms in total. The predicted molar refractivity (Wildman–Crippen MR) is 107 cm³/mol. The number of amides is 2. The summed E-state index contributed by atoms with van der Waals surface area (Å²) in [5, 5.41) is 6.82. The molecule has 0 atom stereocenters. The third-order valence-corrected chi connectivity index (χ3v) is 4.95. The van der Waals surface area contributed by atoms with Gasteiger partial charge in [0, 0.05) is 25.1 Å². The number of anilines is 1. The van der Waals surface area contributed by atoms with Gasteiger partial charge < -0.3 is 10.6 Å². The predicted octanol–water partition coefficient (Wildman–Crippen LogP) is 4.32. The number of nitrogens with one attached hydrogen (secondary N) is 2. The Morgan fingerprint density at radius 1 is 1.27 bits per heavy atom. The minimum Gasteiger partial charge on any atom is -0.347 e. The molecule has 1 aromatic carbocycles. The van der Waals surface area contributed by atoms with Crippen LogP contribution in [0.5, 0.6) is 0 Å². The van der Waals surface area contributed by atoms with Gasteiger partial charge in [-0.1, -0.05) is 32.9 Å². The summed E-state index contributed by atoms with van der Waals surface area (Å²) in [5.74, 6) is 0.421. The molecule has 1 heterocycles. The van der Waals surface area contributed by atoms with E-state index < -0.39 is 0 Å². The lowest BCUT2D eigenvalue weighted by molar-refractivity contribution is -0.116. The largest absolute Gasteiger partial charge is 0.347 e. The van der Waals surface area contributed by atoms with Crippen LogP contribution in [0.25, 0.3) is 0 Å². The van der Waals surface area contributed by atoms with Crippen molar-refractivity contribution in [2.24, 2.45) is 5.92 Å². The number of rotatable bonds is 8. The molecule has 0 aliphatic heterocycles. The highest BCUT2D eigenvalue weighted by atomic mass is 32.1. The summed E-state index contributed by atoms with van der Waals surface area (Å²) < 4.78 is 0. The second kappa shape index (κ2) is 9.48. The van der Waals surface area contributed by atoms with Gasteiger partial charge in [0.2, 0.25) is 5.91 Å². The summed E-state index contributed by atoms with van der Waals surface area (Å²) in [7, 11) is 0. The zero-order valence-electron chi connectivity index (χ0n) is 15.9. The van der Waals surface area contributed by atoms with Crippen LogP contribution in [0, 0.1) is 12.8 Å². The number of aryl methyl sites for hydroxylation is 1. The Labute approximate surface area is 159 Å². The van der Waals surface area contributed by atoms with Crippen molar-refractivity contribution in [3.05, 3.63) is 45.4 Å². The topological polar surface area (TPSA) is 71.1 Å². The maximum atomic E-state index is 12.5. The Kier molecular flexibility index (Phi) is 7.33. The summed E-state index contributed by atoms with van der Waals surface area (Å²) in [6, 6.07) is 7.54. The Hall–Kier alpha value is -2.21. The van der Waals surface area contributed by atoms with E-state index in [1.807, 2.05) is 38.1 Å². The fourth-order valence-corrected chi connectivity index (χ4v) is 3.76. The first-order valence-corrected chi connectivity index (χ1v) is 9.84. The number of thiazole rings is 1. The SMILES string of the molecule is CCCC(=O)Nc1cccc(CNC(=O)c2sc(CC(C)C)nc2C)c1. The van der Waals surface area contributed by atoms with Gasteiger partial charge in [0.05, 0.1) is 10.7 Å². The number of aromatic nitrogens is 1. The van der Waals surface area contributed by atoms with Gasteiger partial charge in [-0.2, -0.15) is 0 Å². The number of carbonyl (C=O) groups is 2. The van der Waals surface area contributed by atoms with Crippen LogP contribution in [0.4, 0.5) is 5.69 Å². The average molecular weight is 374 g/mol. The molecule has 2 N–H and O–H groups in total. The maximum Gasteiger partial charge on any atom is 0.263 e. The molecule has 0 radical (unpaired) electrons. The number of nitrogens with zero attached hydrogens (tertiary/aromatic N) is 1. The molecule has 2 rings (SSSR count). The van der Waals surface area contributed by atoms with Crippen molar-refractivity contribution in [2.45, 2.75) is 53.5 Å². The van der Waals surface area contributed by atoms with Crippen molar-refractivity contribution in [1.29, 1.82) is 0 Å². The second-order valence-electron chi connectivity index (χ2n) is 6.80. The first kappa shape index (κ1) is 20.1. The molecular weight excluding hydrogens is 346 g/mol. The van der Waals surface area contributed by atoms with Gasteiger partial charge in [0.25, 0.3) is 5.91 Å². The van der Waals surface area contributed by atoms with Crippen LogP contribution in [0.2, 0.25) is 0 Å². The quantitative estimate of drug-likeness (QED) is 0.724. The molecule has 0 unspecified atom stereocenters. The monoisotopic (exact) mass is 373 g/mol. The zero-order chi connectivity index (χ0) is 19.1. The summed E-state index contributed by atoms with van der Waals surface area (Å²) in [5.41, 5.74) is 2.48. The summed E-state index contributed by atoms with van der Waals surface area (Å²) in [6.07, 6.45) is 2.21. The highest BCUT2D eigenvalue weighted by molar-refractivity contribution is 7.13. The fourth-order valence-electron chi connectivity index (χ4n) is 2.57. The lowest BCUT2D eigenvalue weighted by atomic mass is 10.1. The highest BCUT2D eigenvalue weighted by Gasteiger charge is 2.15. The van der Waals surface area contributed by atoms with Gasteiger partial charge in [-0.25, -0.2) is 4.98 Å². The van der Waals surface area contributed by atoms with E-state index in [1.54, 1.807) is 0 Å². The van der Waals surface area contributed by atoms with Crippen LogP contribution in [-0.4, -0.2) is 16.8 Å². The summed E-state index contributed by atoms with van der Waals surface area (Å²) >= 11 is 1.47. The van der Waals surface area contributed by atoms with E-state index in [0.717, 1.165) is 34.8 Å². The average Bonchev–Trinajstić information content (AvgIpc) is 2.93. The molecule has 0 aliphatic rings. The normalized spacial score (nSPS) is 10.8. The van der Waals surface area contributed by atoms with E-state index >= 15 is 0 Å². The molecule has 2 aromatic rings. The smallest absolute Gasteiger partial charge is 0.263 e. The third kappa shape index (κ3) is 5.95. The molecule has 2 amide bonds. The lowest BCUT2D eigenvalue weighted by Gasteiger charge is -2.08. The van der Waals surface area contributed by atoms with Crippen LogP contribution in [0.15, 0.2) is 24.3 Å². The van der Waals surface area contributed by atoms with Gasteiger partial charge in [-0.15, -0.1) is 11.3 Å². The van der Waals surface area contributed by atoms with Crippen molar-refractivity contribution in [3.8, 4) is 0 Å². The molecule has 0 saturated carbocycles. The summed E-state index contributed by atoms with van der Waals surface area (Å²) in [4.78, 5) is 29.4. The Bertz CT molecular complexity index is 768. The molecule has 6 heteroatoms. The van der Waals surface area contributed by atoms with Crippen LogP contribution < -0.4 is 10.6 Å². The van der Waals surface area contributed by atoms with Gasteiger partial charge in [0.15, 0.2) is 0 Å². The van der Waals surface area contributed by atoms with Gasteiger partial charge in [0.1, 0.15) is 4.88 Å². The molecule has 0 bridgehead atoms. The number of benzene rings is 1. The Balaban J connectivity index is 1.97. The van der Waals surface area contributed by atoms with Crippen molar-refractivity contribution in [1.82, 2.24) is 10.3 Å². The van der Waals surface area contributed by atoms with Crippen LogP contribution in [-0.2, 0) is 17.8 Å². The first-order chi connectivity index (χ1) is 12.4. The minimum absolute atomic E-state index is 0.00616. The second-order valence-corrected chi connectivity index (χ2v) is 7.88. The standard InChI is InChI=1S/C20H27N3O2S/c1-5-7-17(24)23-16-9-6-8-15(11-16)12-21-20(25)19-14(4)22-18(26-19)10-13(2)3/h6,8-9,11,13H,5,7,10,12H2,1-4H3,(H,21,25)(H,23,24). The van der Waals surface area contributed by atoms with E-state index in [2.05, 4.69) is 29.5 Å². The molecule has 26 heavy (non-hydrogen) atoms. The summed E-state index contributed by atoms with van der Waals surface area (Å²) in [6.45, 7) is 8.54. The van der Waals surface area contributed by atoms with Crippen molar-refractivity contribution in [2.75, 3.05) is 5.32 Å². The molecule has 1 aromatic heterocycles. The molecule has 0 spiro atoms. The minimum atomic E-state index is -0.101. The van der Waals surface area contributed by atoms with Gasteiger partial charge in [-0.05, 0) is 37.0 Å². The Morgan fingerprint density at radius 2 is 2.04 bits per heavy atom. The molecule has 0 fully saturated rings. The van der Waals surface area contributed by atoms with E-state index in [1.165, 1.54) is 11.3 Å². The fraction of sp³-hybridized carbons (Fsp3) is 0.450. The van der Waals surface area contributed by atoms with Crippen LogP contribution in [0.3, 0.4) is 0 Å². The first-order valence-electron chi connectivity index (χ1n) is 9.02. The zero-order valence-corrected chi connectivity index (χ0v) is 16.7. The molecular formula is C20H27N3O2S. The third-order valence-electron chi connectivity index (χ3n) is 3.77. The number of hydrogen-bond donors (Lipinski definition) is 2. The Morgan fingerprint density at radius 3 is 2.73 bits per heavy atom. The van der Waals surface area contributed by atoms with E-state index in [4.69, 9.17) is 0 Å². The van der Waals surface area contributed by atoms with E-state index in [-0.39, 0.29) is 11.8 Å².